The summed E-state index contributed by atoms with van der Waals surface area (Å²) in [5.74, 6) is 0.168. The van der Waals surface area contributed by atoms with E-state index >= 15 is 0 Å². The van der Waals surface area contributed by atoms with Crippen LogP contribution in [0.2, 0.25) is 0 Å². The Bertz CT molecular complexity index is 471. The van der Waals surface area contributed by atoms with Gasteiger partial charge in [0.15, 0.2) is 5.78 Å². The van der Waals surface area contributed by atoms with Crippen LogP contribution < -0.4 is 11.1 Å². The Morgan fingerprint density at radius 3 is 1.88 bits per heavy atom. The smallest absolute Gasteiger partial charge is 0.179 e. The molecule has 0 radical (unpaired) electrons. The molecule has 0 saturated heterocycles. The van der Waals surface area contributed by atoms with Crippen molar-refractivity contribution >= 4 is 11.5 Å². The van der Waals surface area contributed by atoms with Gasteiger partial charge in [-0.2, -0.15) is 0 Å². The van der Waals surface area contributed by atoms with Gasteiger partial charge in [-0.3, -0.25) is 4.79 Å². The Balaban J connectivity index is 1.87. The van der Waals surface area contributed by atoms with Crippen molar-refractivity contribution in [2.75, 3.05) is 5.73 Å². The Kier molecular flexibility index (Phi) is 8.31. The van der Waals surface area contributed by atoms with Crippen LogP contribution in [0.25, 0.3) is 0 Å². The third-order valence-electron chi connectivity index (χ3n) is 5.18. The zero-order valence-electron chi connectivity index (χ0n) is 15.2. The number of ketones is 1. The van der Waals surface area contributed by atoms with Crippen molar-refractivity contribution in [2.45, 2.75) is 89.6 Å². The second-order valence-corrected chi connectivity index (χ2v) is 7.33. The molecule has 0 amide bonds. The Morgan fingerprint density at radius 1 is 0.917 bits per heavy atom. The molecule has 1 aromatic rings. The molecule has 0 spiro atoms. The van der Waals surface area contributed by atoms with Gasteiger partial charge in [0, 0.05) is 17.3 Å². The third-order valence-corrected chi connectivity index (χ3v) is 5.18. The summed E-state index contributed by atoms with van der Waals surface area (Å²) in [6, 6.07) is 7.60. The lowest BCUT2D eigenvalue weighted by Crippen LogP contribution is -2.41. The molecule has 1 atom stereocenters. The molecule has 3 nitrogen and oxygen atoms in total. The van der Waals surface area contributed by atoms with E-state index in [0.29, 0.717) is 11.7 Å². The lowest BCUT2D eigenvalue weighted by atomic mass is 9.96. The van der Waals surface area contributed by atoms with E-state index in [1.165, 1.54) is 70.6 Å². The number of rotatable bonds is 4. The van der Waals surface area contributed by atoms with Gasteiger partial charge in [0.05, 0.1) is 6.04 Å². The van der Waals surface area contributed by atoms with Crippen LogP contribution in [-0.2, 0) is 0 Å². The number of anilines is 1. The van der Waals surface area contributed by atoms with Crippen molar-refractivity contribution in [3.8, 4) is 0 Å². The number of nitrogen functional groups attached to an aromatic ring is 1. The van der Waals surface area contributed by atoms with Crippen LogP contribution in [0.1, 0.15) is 87.9 Å². The van der Waals surface area contributed by atoms with Crippen LogP contribution in [0, 0.1) is 0 Å². The number of nitrogens with one attached hydrogen (secondary N) is 1. The molecule has 0 aliphatic heterocycles. The number of Topliss-reactive ketones (excluding diaryl/α,β-unsaturated/α-hetero) is 1. The van der Waals surface area contributed by atoms with Crippen molar-refractivity contribution in [1.29, 1.82) is 0 Å². The van der Waals surface area contributed by atoms with Crippen LogP contribution in [0.4, 0.5) is 5.69 Å². The number of carbonyl (C=O) groups is 1. The van der Waals surface area contributed by atoms with Gasteiger partial charge in [-0.1, -0.05) is 57.8 Å². The summed E-state index contributed by atoms with van der Waals surface area (Å²) in [7, 11) is 0. The average molecular weight is 331 g/mol. The molecule has 0 heterocycles. The molecule has 3 heteroatoms. The monoisotopic (exact) mass is 330 g/mol. The van der Waals surface area contributed by atoms with E-state index in [0.717, 1.165) is 5.56 Å². The van der Waals surface area contributed by atoms with Crippen LogP contribution in [0.3, 0.4) is 0 Å². The highest BCUT2D eigenvalue weighted by Gasteiger charge is 2.19. The van der Waals surface area contributed by atoms with Gasteiger partial charge in [0.25, 0.3) is 0 Å². The van der Waals surface area contributed by atoms with E-state index in [-0.39, 0.29) is 11.8 Å². The number of nitrogens with two attached hydrogens (primary N) is 1. The van der Waals surface area contributed by atoms with Crippen LogP contribution in [0.15, 0.2) is 24.3 Å². The first-order valence-electron chi connectivity index (χ1n) is 9.82. The summed E-state index contributed by atoms with van der Waals surface area (Å²) >= 11 is 0. The van der Waals surface area contributed by atoms with Crippen molar-refractivity contribution in [3.05, 3.63) is 29.8 Å². The Hall–Kier alpha value is -1.35. The zero-order valence-corrected chi connectivity index (χ0v) is 15.2. The quantitative estimate of drug-likeness (QED) is 0.596. The van der Waals surface area contributed by atoms with Gasteiger partial charge in [0.1, 0.15) is 0 Å². The zero-order chi connectivity index (χ0) is 17.2. The lowest BCUT2D eigenvalue weighted by molar-refractivity contribution is 0.0942. The SMILES string of the molecule is CC(NC1CCCCCCCCCCC1)C(=O)c1ccc(N)cc1. The van der Waals surface area contributed by atoms with Crippen LogP contribution in [-0.4, -0.2) is 17.9 Å². The normalized spacial score (nSPS) is 19.9. The first kappa shape index (κ1) is 19.0. The van der Waals surface area contributed by atoms with Crippen molar-refractivity contribution in [3.63, 3.8) is 0 Å². The van der Waals surface area contributed by atoms with Gasteiger partial charge >= 0.3 is 0 Å². The van der Waals surface area contributed by atoms with Crippen LogP contribution >= 0.6 is 0 Å². The number of hydrogen-bond acceptors (Lipinski definition) is 3. The van der Waals surface area contributed by atoms with Gasteiger partial charge < -0.3 is 11.1 Å². The minimum atomic E-state index is -0.133. The summed E-state index contributed by atoms with van der Waals surface area (Å²) < 4.78 is 0. The van der Waals surface area contributed by atoms with Gasteiger partial charge in [-0.25, -0.2) is 0 Å². The Labute approximate surface area is 147 Å². The number of carbonyl (C=O) groups excluding carboxylic acids is 1. The molecule has 24 heavy (non-hydrogen) atoms. The fourth-order valence-electron chi connectivity index (χ4n) is 3.66. The van der Waals surface area contributed by atoms with E-state index in [9.17, 15) is 4.79 Å². The summed E-state index contributed by atoms with van der Waals surface area (Å²) in [6.07, 6.45) is 14.5. The number of hydrogen-bond donors (Lipinski definition) is 2. The molecule has 1 aromatic carbocycles. The van der Waals surface area contributed by atoms with E-state index in [1.54, 1.807) is 12.1 Å². The second kappa shape index (κ2) is 10.5. The van der Waals surface area contributed by atoms with Gasteiger partial charge in [0.2, 0.25) is 0 Å². The largest absolute Gasteiger partial charge is 0.399 e. The topological polar surface area (TPSA) is 55.1 Å². The maximum atomic E-state index is 12.6. The molecule has 1 saturated carbocycles. The summed E-state index contributed by atoms with van der Waals surface area (Å²) in [6.45, 7) is 1.99. The fourth-order valence-corrected chi connectivity index (χ4v) is 3.66. The van der Waals surface area contributed by atoms with Gasteiger partial charge in [-0.15, -0.1) is 0 Å². The van der Waals surface area contributed by atoms with Crippen molar-refractivity contribution in [2.24, 2.45) is 0 Å². The van der Waals surface area contributed by atoms with Gasteiger partial charge in [-0.05, 0) is 44.0 Å². The molecular weight excluding hydrogens is 296 g/mol. The molecule has 1 aliphatic rings. The predicted molar refractivity (Wildman–Crippen MR) is 102 cm³/mol. The number of benzene rings is 1. The van der Waals surface area contributed by atoms with Crippen molar-refractivity contribution in [1.82, 2.24) is 5.32 Å². The Morgan fingerprint density at radius 2 is 1.38 bits per heavy atom. The second-order valence-electron chi connectivity index (χ2n) is 7.33. The molecule has 1 aliphatic carbocycles. The first-order chi connectivity index (χ1) is 11.7. The highest BCUT2D eigenvalue weighted by molar-refractivity contribution is 6.00. The maximum absolute atomic E-state index is 12.6. The van der Waals surface area contributed by atoms with E-state index in [2.05, 4.69) is 5.32 Å². The minimum absolute atomic E-state index is 0.133. The summed E-state index contributed by atoms with van der Waals surface area (Å²) in [5.41, 5.74) is 7.16. The molecule has 3 N–H and O–H groups in total. The average Bonchev–Trinajstić information content (AvgIpc) is 2.57. The molecule has 1 unspecified atom stereocenters. The van der Waals surface area contributed by atoms with E-state index < -0.39 is 0 Å². The van der Waals surface area contributed by atoms with Crippen LogP contribution in [0.5, 0.6) is 0 Å². The highest BCUT2D eigenvalue weighted by Crippen LogP contribution is 2.18. The minimum Gasteiger partial charge on any atom is -0.399 e. The highest BCUT2D eigenvalue weighted by atomic mass is 16.1. The molecule has 1 fully saturated rings. The lowest BCUT2D eigenvalue weighted by Gasteiger charge is -2.23. The summed E-state index contributed by atoms with van der Waals surface area (Å²) in [5, 5.41) is 3.60. The standard InChI is InChI=1S/C21H34N2O/c1-17(21(24)18-13-15-19(22)16-14-18)23-20-11-9-7-5-3-2-4-6-8-10-12-20/h13-17,20,23H,2-12,22H2,1H3. The van der Waals surface area contributed by atoms with Crippen molar-refractivity contribution < 1.29 is 4.79 Å². The van der Waals surface area contributed by atoms with E-state index in [4.69, 9.17) is 5.73 Å². The molecule has 134 valence electrons. The molecule has 0 aromatic heterocycles. The molecule has 2 rings (SSSR count). The van der Waals surface area contributed by atoms with E-state index in [1.807, 2.05) is 19.1 Å². The molecule has 0 bridgehead atoms. The first-order valence-corrected chi connectivity index (χ1v) is 9.82. The third kappa shape index (κ3) is 6.64. The maximum Gasteiger partial charge on any atom is 0.179 e. The fraction of sp³-hybridized carbons (Fsp3) is 0.667. The predicted octanol–water partition coefficient (Wildman–Crippen LogP) is 5.10. The summed E-state index contributed by atoms with van der Waals surface area (Å²) in [4.78, 5) is 12.6. The molecular formula is C21H34N2O.